The van der Waals surface area contributed by atoms with Crippen molar-refractivity contribution in [1.82, 2.24) is 9.13 Å². The molecule has 6 heteroatoms. The molecule has 26 rings (SSSR count). The number of aromatic nitrogens is 2. The molecule has 668 valence electrons. The smallest absolute Gasteiger partial charge is 0.0546 e. The molecule has 0 spiro atoms. The Kier molecular flexibility index (Phi) is 22.3. The first-order valence-corrected chi connectivity index (χ1v) is 48.7. The van der Waals surface area contributed by atoms with Gasteiger partial charge in [-0.2, -0.15) is 0 Å². The van der Waals surface area contributed by atoms with Gasteiger partial charge in [-0.1, -0.05) is 376 Å². The number of fused-ring (bicyclic) bond motifs is 12. The molecule has 2 heterocycles. The lowest BCUT2D eigenvalue weighted by molar-refractivity contribution is 1.20. The van der Waals surface area contributed by atoms with Crippen molar-refractivity contribution in [2.45, 2.75) is 0 Å². The van der Waals surface area contributed by atoms with E-state index in [9.17, 15) is 0 Å². The van der Waals surface area contributed by atoms with Gasteiger partial charge in [-0.3, -0.25) is 0 Å². The van der Waals surface area contributed by atoms with E-state index in [1.165, 1.54) is 137 Å². The molecule has 0 unspecified atom stereocenters. The van der Waals surface area contributed by atoms with Gasteiger partial charge in [-0.15, -0.1) is 0 Å². The second-order valence-electron chi connectivity index (χ2n) is 36.3. The second kappa shape index (κ2) is 37.3. The molecule has 0 saturated heterocycles. The largest absolute Gasteiger partial charge is 0.311 e. The SMILES string of the molecule is c1ccc(-c2ccc(N(c3ccc(-c4ccccc4)cc3)c3ccc4c(c3)c3cc(N(c5ccc(-c6ccccc6)cc5)c5ccc(-c6ccccc6)cc5)ccc3n4-c3cc4ccccc4c4ccccc34)cc2)cc1.c1ccc(N(c2ccccc2)c2ccc(-c3ccc4c(c3)c3cc(-c5ccc(N(c6ccccc6)c6ccccc6)cc5)ccc3n4-c3cc4ccccc4c4ccccc34)cc2)cc1. The number of anilines is 12. The van der Waals surface area contributed by atoms with E-state index in [0.717, 1.165) is 95.7 Å². The van der Waals surface area contributed by atoms with E-state index in [4.69, 9.17) is 0 Å². The fourth-order valence-electron chi connectivity index (χ4n) is 21.1. The van der Waals surface area contributed by atoms with Gasteiger partial charge < -0.3 is 28.7 Å². The van der Waals surface area contributed by atoms with Gasteiger partial charge in [0.1, 0.15) is 0 Å². The quantitative estimate of drug-likeness (QED) is 0.0710. The summed E-state index contributed by atoms with van der Waals surface area (Å²) in [6.45, 7) is 0. The molecule has 24 aromatic carbocycles. The van der Waals surface area contributed by atoms with E-state index < -0.39 is 0 Å². The molecular weight excluding hydrogens is 1720 g/mol. The molecule has 0 fully saturated rings. The van der Waals surface area contributed by atoms with E-state index >= 15 is 0 Å². The fourth-order valence-corrected chi connectivity index (χ4v) is 21.1. The summed E-state index contributed by atoms with van der Waals surface area (Å²) in [5, 5.41) is 14.6. The zero-order valence-electron chi connectivity index (χ0n) is 78.0. The lowest BCUT2D eigenvalue weighted by Gasteiger charge is -2.26. The molecule has 0 amide bonds. The zero-order chi connectivity index (χ0) is 94.2. The van der Waals surface area contributed by atoms with Crippen molar-refractivity contribution < 1.29 is 0 Å². The van der Waals surface area contributed by atoms with Crippen LogP contribution < -0.4 is 19.6 Å². The molecule has 0 aliphatic rings. The van der Waals surface area contributed by atoms with Crippen LogP contribution in [0.5, 0.6) is 0 Å². The van der Waals surface area contributed by atoms with Crippen LogP contribution in [0.25, 0.3) is 165 Å². The third-order valence-electron chi connectivity index (χ3n) is 27.9. The first-order chi connectivity index (χ1) is 70.4. The molecule has 142 heavy (non-hydrogen) atoms. The Hall–Kier alpha value is -18.9. The normalized spacial score (nSPS) is 11.4. The Bertz CT molecular complexity index is 8400. The van der Waals surface area contributed by atoms with Crippen molar-refractivity contribution in [3.8, 4) is 78.1 Å². The van der Waals surface area contributed by atoms with Crippen molar-refractivity contribution in [3.63, 3.8) is 0 Å². The molecule has 0 radical (unpaired) electrons. The van der Waals surface area contributed by atoms with Gasteiger partial charge in [0, 0.05) is 101 Å². The van der Waals surface area contributed by atoms with Crippen LogP contribution >= 0.6 is 0 Å². The van der Waals surface area contributed by atoms with E-state index in [2.05, 4.69) is 599 Å². The van der Waals surface area contributed by atoms with E-state index in [1.807, 2.05) is 0 Å². The molecule has 0 aliphatic heterocycles. The van der Waals surface area contributed by atoms with Crippen LogP contribution in [-0.4, -0.2) is 9.13 Å². The zero-order valence-corrected chi connectivity index (χ0v) is 78.0. The first kappa shape index (κ1) is 84.8. The van der Waals surface area contributed by atoms with Crippen molar-refractivity contribution >= 4 is 155 Å². The molecule has 0 N–H and O–H groups in total. The number of hydrogen-bond acceptors (Lipinski definition) is 4. The third kappa shape index (κ3) is 16.1. The number of nitrogens with zero attached hydrogens (tertiary/aromatic N) is 6. The summed E-state index contributed by atoms with van der Waals surface area (Å²) in [6, 6.07) is 207. The Morgan fingerprint density at radius 3 is 0.549 bits per heavy atom. The maximum Gasteiger partial charge on any atom is 0.0546 e. The minimum atomic E-state index is 1.06. The second-order valence-corrected chi connectivity index (χ2v) is 36.3. The van der Waals surface area contributed by atoms with Crippen molar-refractivity contribution in [3.05, 3.63) is 570 Å². The van der Waals surface area contributed by atoms with E-state index in [-0.39, 0.29) is 0 Å². The number of rotatable bonds is 20. The summed E-state index contributed by atoms with van der Waals surface area (Å²) in [5.74, 6) is 0. The highest BCUT2D eigenvalue weighted by Gasteiger charge is 2.26. The molecule has 26 aromatic rings. The molecule has 0 atom stereocenters. The van der Waals surface area contributed by atoms with Crippen molar-refractivity contribution in [2.75, 3.05) is 19.6 Å². The highest BCUT2D eigenvalue weighted by atomic mass is 15.2. The summed E-state index contributed by atoms with van der Waals surface area (Å²) in [7, 11) is 0. The maximum atomic E-state index is 2.49. The van der Waals surface area contributed by atoms with E-state index in [1.54, 1.807) is 0 Å². The van der Waals surface area contributed by atoms with Crippen LogP contribution in [0.2, 0.25) is 0 Å². The Morgan fingerprint density at radius 2 is 0.282 bits per heavy atom. The highest BCUT2D eigenvalue weighted by Crippen LogP contribution is 2.49. The standard InChI is InChI=1S/C74H51N3.C62H43N3/c1-5-17-52(18-6-1)56-29-37-61(38-30-56)75(62-39-31-57(32-40-62)53-19-7-2-8-20-53)65-45-47-72-70(50-65)71-51-66(46-48-73(71)77(72)74-49-60-25-13-14-26-67(60)68-27-15-16-28-69(68)74)76(63-41-33-58(34-42-63)54-21-9-3-10-22-54)64-43-35-59(36-44-64)55-23-11-4-12-24-55;1-5-18-49(19-6-1)63(50-20-7-2-8-21-50)53-35-29-44(30-36-53)46-33-39-60-58(41-46)59-42-47(45-31-37-54(38-32-45)64(51-22-9-3-10-23-51)52-24-11-4-12-25-52)34-40-61(59)65(60)62-43-48-17-13-14-26-55(48)56-27-15-16-28-57(56)62/h1-51H;1-43H. The number of para-hydroxylation sites is 4. The van der Waals surface area contributed by atoms with Crippen LogP contribution in [0.3, 0.4) is 0 Å². The summed E-state index contributed by atoms with van der Waals surface area (Å²) in [6.07, 6.45) is 0. The Morgan fingerprint density at radius 1 is 0.106 bits per heavy atom. The lowest BCUT2D eigenvalue weighted by atomic mass is 9.99. The molecule has 2 aromatic heterocycles. The van der Waals surface area contributed by atoms with Crippen LogP contribution in [-0.2, 0) is 0 Å². The van der Waals surface area contributed by atoms with E-state index in [0.29, 0.717) is 0 Å². The minimum Gasteiger partial charge on any atom is -0.311 e. The maximum absolute atomic E-state index is 2.49. The van der Waals surface area contributed by atoms with Gasteiger partial charge in [0.25, 0.3) is 0 Å². The van der Waals surface area contributed by atoms with Crippen molar-refractivity contribution in [2.24, 2.45) is 0 Å². The van der Waals surface area contributed by atoms with Gasteiger partial charge in [0.2, 0.25) is 0 Å². The Balaban J connectivity index is 0.000000151. The van der Waals surface area contributed by atoms with Gasteiger partial charge in [-0.25, -0.2) is 0 Å². The van der Waals surface area contributed by atoms with Gasteiger partial charge >= 0.3 is 0 Å². The summed E-state index contributed by atoms with van der Waals surface area (Å²) in [5.41, 5.74) is 34.2. The van der Waals surface area contributed by atoms with Crippen LogP contribution in [0.15, 0.2) is 570 Å². The molecule has 0 bridgehead atoms. The first-order valence-electron chi connectivity index (χ1n) is 48.7. The van der Waals surface area contributed by atoms with Crippen LogP contribution in [0, 0.1) is 0 Å². The average molecular weight is 1810 g/mol. The minimum absolute atomic E-state index is 1.06. The third-order valence-corrected chi connectivity index (χ3v) is 27.9. The molecule has 0 aliphatic carbocycles. The lowest BCUT2D eigenvalue weighted by Crippen LogP contribution is -2.10. The monoisotopic (exact) mass is 1810 g/mol. The summed E-state index contributed by atoms with van der Waals surface area (Å²) >= 11 is 0. The van der Waals surface area contributed by atoms with Gasteiger partial charge in [0.15, 0.2) is 0 Å². The predicted octanol–water partition coefficient (Wildman–Crippen LogP) is 38.1. The number of benzene rings is 24. The summed E-state index contributed by atoms with van der Waals surface area (Å²) < 4.78 is 4.97. The van der Waals surface area contributed by atoms with Gasteiger partial charge in [-0.05, 0) is 293 Å². The van der Waals surface area contributed by atoms with Crippen LogP contribution in [0.4, 0.5) is 68.2 Å². The average Bonchev–Trinajstić information content (AvgIpc) is 1.56. The van der Waals surface area contributed by atoms with Crippen LogP contribution in [0.1, 0.15) is 0 Å². The topological polar surface area (TPSA) is 22.8 Å². The van der Waals surface area contributed by atoms with Gasteiger partial charge in [0.05, 0.1) is 33.4 Å². The molecular formula is C136H94N6. The molecule has 0 saturated carbocycles. The predicted molar refractivity (Wildman–Crippen MR) is 603 cm³/mol. The summed E-state index contributed by atoms with van der Waals surface area (Å²) in [4.78, 5) is 9.42. The molecule has 6 nitrogen and oxygen atoms in total. The van der Waals surface area contributed by atoms with Crippen molar-refractivity contribution in [1.29, 1.82) is 0 Å². The Labute approximate surface area is 826 Å². The highest BCUT2D eigenvalue weighted by molar-refractivity contribution is 6.19. The number of hydrogen-bond donors (Lipinski definition) is 0. The fraction of sp³-hybridized carbons (Fsp3) is 0.